The van der Waals surface area contributed by atoms with E-state index in [1.54, 1.807) is 6.07 Å². The van der Waals surface area contributed by atoms with Gasteiger partial charge in [-0.2, -0.15) is 0 Å². The van der Waals surface area contributed by atoms with Gasteiger partial charge in [-0.1, -0.05) is 58.0 Å². The number of amides is 1. The molecule has 176 valence electrons. The van der Waals surface area contributed by atoms with Crippen molar-refractivity contribution in [2.75, 3.05) is 23.7 Å². The van der Waals surface area contributed by atoms with E-state index < -0.39 is 16.1 Å². The van der Waals surface area contributed by atoms with Crippen LogP contribution in [0.2, 0.25) is 0 Å². The van der Waals surface area contributed by atoms with E-state index in [1.165, 1.54) is 4.31 Å². The van der Waals surface area contributed by atoms with Crippen LogP contribution in [0.25, 0.3) is 0 Å². The Bertz CT molecular complexity index is 1040. The molecule has 0 aliphatic heterocycles. The van der Waals surface area contributed by atoms with Crippen molar-refractivity contribution in [3.8, 4) is 5.75 Å². The Morgan fingerprint density at radius 1 is 1.12 bits per heavy atom. The maximum atomic E-state index is 13.0. The summed E-state index contributed by atoms with van der Waals surface area (Å²) in [5.41, 5.74) is 3.30. The summed E-state index contributed by atoms with van der Waals surface area (Å²) in [5, 5.41) is 2.85. The van der Waals surface area contributed by atoms with Crippen LogP contribution in [0.3, 0.4) is 0 Å². The van der Waals surface area contributed by atoms with Gasteiger partial charge in [-0.15, -0.1) is 0 Å². The number of sulfonamides is 1. The molecule has 1 N–H and O–H groups in total. The lowest BCUT2D eigenvalue weighted by molar-refractivity contribution is -0.122. The number of benzene rings is 2. The third-order valence-corrected chi connectivity index (χ3v) is 6.45. The SMILES string of the molecule is CCC(C(=O)NCCOc1ccccc1C(C)(C)C)N(c1cc(C)ccc1C)S(C)(=O)=O. The van der Waals surface area contributed by atoms with E-state index in [1.807, 2.05) is 57.2 Å². The Labute approximate surface area is 193 Å². The fraction of sp³-hybridized carbons (Fsp3) is 0.480. The number of anilines is 1. The molecule has 0 spiro atoms. The third kappa shape index (κ3) is 6.48. The van der Waals surface area contributed by atoms with Gasteiger partial charge in [0.2, 0.25) is 15.9 Å². The Morgan fingerprint density at radius 2 is 1.78 bits per heavy atom. The number of para-hydroxylation sites is 1. The monoisotopic (exact) mass is 460 g/mol. The standard InChI is InChI=1S/C25H36N2O4S/c1-8-21(27(32(7,29)30)22-17-18(2)13-14-19(22)3)24(28)26-15-16-31-23-12-10-9-11-20(23)25(4,5)6/h9-14,17,21H,8,15-16H2,1-7H3,(H,26,28). The molecule has 32 heavy (non-hydrogen) atoms. The second-order valence-corrected chi connectivity index (χ2v) is 11.0. The first-order chi connectivity index (χ1) is 14.9. The molecule has 0 saturated carbocycles. The molecule has 2 rings (SSSR count). The summed E-state index contributed by atoms with van der Waals surface area (Å²) >= 11 is 0. The van der Waals surface area contributed by atoms with Gasteiger partial charge in [0.25, 0.3) is 0 Å². The van der Waals surface area contributed by atoms with E-state index in [2.05, 4.69) is 26.1 Å². The molecular formula is C25H36N2O4S. The highest BCUT2D eigenvalue weighted by molar-refractivity contribution is 7.92. The van der Waals surface area contributed by atoms with Crippen LogP contribution >= 0.6 is 0 Å². The molecule has 2 aromatic rings. The lowest BCUT2D eigenvalue weighted by Crippen LogP contribution is -2.50. The van der Waals surface area contributed by atoms with Gasteiger partial charge >= 0.3 is 0 Å². The fourth-order valence-corrected chi connectivity index (χ4v) is 4.92. The van der Waals surface area contributed by atoms with Gasteiger partial charge in [0.15, 0.2) is 0 Å². The molecule has 0 heterocycles. The summed E-state index contributed by atoms with van der Waals surface area (Å²) in [5.74, 6) is 0.445. The zero-order chi connectivity index (χ0) is 24.1. The van der Waals surface area contributed by atoms with Crippen LogP contribution in [0.5, 0.6) is 5.75 Å². The van der Waals surface area contributed by atoms with Crippen molar-refractivity contribution < 1.29 is 17.9 Å². The van der Waals surface area contributed by atoms with Gasteiger partial charge in [0.1, 0.15) is 18.4 Å². The van der Waals surface area contributed by atoms with Crippen molar-refractivity contribution in [3.63, 3.8) is 0 Å². The minimum absolute atomic E-state index is 0.0607. The largest absolute Gasteiger partial charge is 0.491 e. The van der Waals surface area contributed by atoms with Crippen LogP contribution in [-0.4, -0.2) is 39.8 Å². The maximum absolute atomic E-state index is 13.0. The van der Waals surface area contributed by atoms with Crippen LogP contribution in [0.15, 0.2) is 42.5 Å². The average Bonchev–Trinajstić information content (AvgIpc) is 2.70. The van der Waals surface area contributed by atoms with Gasteiger partial charge in [0.05, 0.1) is 18.5 Å². The molecule has 6 nitrogen and oxygen atoms in total. The van der Waals surface area contributed by atoms with Gasteiger partial charge in [0, 0.05) is 0 Å². The van der Waals surface area contributed by atoms with E-state index in [0.29, 0.717) is 12.1 Å². The molecule has 2 aromatic carbocycles. The molecule has 0 saturated heterocycles. The highest BCUT2D eigenvalue weighted by Crippen LogP contribution is 2.31. The second kappa shape index (κ2) is 10.4. The summed E-state index contributed by atoms with van der Waals surface area (Å²) in [6, 6.07) is 12.6. The highest BCUT2D eigenvalue weighted by atomic mass is 32.2. The van der Waals surface area contributed by atoms with Gasteiger partial charge in [-0.3, -0.25) is 9.10 Å². The van der Waals surface area contributed by atoms with Crippen molar-refractivity contribution >= 4 is 21.6 Å². The summed E-state index contributed by atoms with van der Waals surface area (Å²) in [6.45, 7) is 12.5. The molecule has 0 aliphatic rings. The van der Waals surface area contributed by atoms with Crippen LogP contribution < -0.4 is 14.4 Å². The van der Waals surface area contributed by atoms with Gasteiger partial charge in [-0.25, -0.2) is 8.42 Å². The first kappa shape index (κ1) is 25.7. The molecule has 0 radical (unpaired) electrons. The number of nitrogens with zero attached hydrogens (tertiary/aromatic N) is 1. The molecule has 0 bridgehead atoms. The smallest absolute Gasteiger partial charge is 0.244 e. The van der Waals surface area contributed by atoms with Gasteiger partial charge < -0.3 is 10.1 Å². The molecule has 1 atom stereocenters. The Kier molecular flexibility index (Phi) is 8.35. The number of rotatable bonds is 9. The third-order valence-electron chi connectivity index (χ3n) is 5.29. The van der Waals surface area contributed by atoms with E-state index >= 15 is 0 Å². The minimum Gasteiger partial charge on any atom is -0.491 e. The van der Waals surface area contributed by atoms with Crippen LogP contribution in [0.4, 0.5) is 5.69 Å². The van der Waals surface area contributed by atoms with Crippen molar-refractivity contribution in [1.29, 1.82) is 0 Å². The lowest BCUT2D eigenvalue weighted by Gasteiger charge is -2.31. The number of carbonyl (C=O) groups is 1. The summed E-state index contributed by atoms with van der Waals surface area (Å²) in [4.78, 5) is 13.0. The molecule has 0 fully saturated rings. The van der Waals surface area contributed by atoms with E-state index in [9.17, 15) is 13.2 Å². The molecular weight excluding hydrogens is 424 g/mol. The molecule has 0 aromatic heterocycles. The predicted octanol–water partition coefficient (Wildman–Crippen LogP) is 4.34. The first-order valence-corrected chi connectivity index (χ1v) is 12.8. The number of carbonyl (C=O) groups excluding carboxylic acids is 1. The van der Waals surface area contributed by atoms with E-state index in [-0.39, 0.29) is 24.5 Å². The Hall–Kier alpha value is -2.54. The summed E-state index contributed by atoms with van der Waals surface area (Å²) < 4.78 is 32.5. The lowest BCUT2D eigenvalue weighted by atomic mass is 9.86. The van der Waals surface area contributed by atoms with Crippen LogP contribution in [0.1, 0.15) is 50.8 Å². The molecule has 1 amide bonds. The van der Waals surface area contributed by atoms with Crippen LogP contribution in [0, 0.1) is 13.8 Å². The summed E-state index contributed by atoms with van der Waals surface area (Å²) in [6.07, 6.45) is 1.48. The zero-order valence-electron chi connectivity index (χ0n) is 20.2. The quantitative estimate of drug-likeness (QED) is 0.565. The van der Waals surface area contributed by atoms with E-state index in [4.69, 9.17) is 4.74 Å². The van der Waals surface area contributed by atoms with Crippen molar-refractivity contribution in [1.82, 2.24) is 5.32 Å². The first-order valence-electron chi connectivity index (χ1n) is 10.9. The molecule has 0 aliphatic carbocycles. The maximum Gasteiger partial charge on any atom is 0.244 e. The highest BCUT2D eigenvalue weighted by Gasteiger charge is 2.32. The van der Waals surface area contributed by atoms with Crippen molar-refractivity contribution in [2.45, 2.75) is 59.4 Å². The van der Waals surface area contributed by atoms with E-state index in [0.717, 1.165) is 28.7 Å². The zero-order valence-corrected chi connectivity index (χ0v) is 21.0. The fourth-order valence-electron chi connectivity index (χ4n) is 3.66. The minimum atomic E-state index is -3.67. The molecule has 7 heteroatoms. The van der Waals surface area contributed by atoms with Crippen molar-refractivity contribution in [3.05, 3.63) is 59.2 Å². The second-order valence-electron chi connectivity index (χ2n) is 9.16. The summed E-state index contributed by atoms with van der Waals surface area (Å²) in [7, 11) is -3.67. The average molecular weight is 461 g/mol. The number of hydrogen-bond donors (Lipinski definition) is 1. The topological polar surface area (TPSA) is 75.7 Å². The molecule has 1 unspecified atom stereocenters. The number of aryl methyl sites for hydroxylation is 2. The number of hydrogen-bond acceptors (Lipinski definition) is 4. The van der Waals surface area contributed by atoms with Crippen molar-refractivity contribution in [2.24, 2.45) is 0 Å². The normalized spacial score (nSPS) is 12.8. The predicted molar refractivity (Wildman–Crippen MR) is 131 cm³/mol. The Balaban J connectivity index is 2.13. The van der Waals surface area contributed by atoms with Gasteiger partial charge in [-0.05, 0) is 54.5 Å². The number of nitrogens with one attached hydrogen (secondary N) is 1. The number of ether oxygens (including phenoxy) is 1. The Morgan fingerprint density at radius 3 is 2.38 bits per heavy atom. The van der Waals surface area contributed by atoms with Crippen LogP contribution in [-0.2, 0) is 20.2 Å².